The van der Waals surface area contributed by atoms with Crippen LogP contribution in [0, 0.1) is 17.2 Å². The summed E-state index contributed by atoms with van der Waals surface area (Å²) < 4.78 is 31.2. The maximum absolute atomic E-state index is 12.3. The highest BCUT2D eigenvalue weighted by molar-refractivity contribution is 7.62. The first-order valence-corrected chi connectivity index (χ1v) is 13.9. The molecule has 0 spiro atoms. The molecular weight excluding hydrogens is 416 g/mol. The van der Waals surface area contributed by atoms with E-state index < -0.39 is 32.9 Å². The molecule has 11 heteroatoms. The van der Waals surface area contributed by atoms with Gasteiger partial charge >= 0.3 is 5.69 Å². The minimum atomic E-state index is -2.21. The van der Waals surface area contributed by atoms with Gasteiger partial charge in [0.2, 0.25) is 0 Å². The predicted molar refractivity (Wildman–Crippen MR) is 112 cm³/mol. The van der Waals surface area contributed by atoms with Crippen molar-refractivity contribution in [1.29, 1.82) is 5.26 Å². The average Bonchev–Trinajstić information content (AvgIpc) is 2.96. The quantitative estimate of drug-likeness (QED) is 0.433. The van der Waals surface area contributed by atoms with Gasteiger partial charge in [0, 0.05) is 32.2 Å². The van der Waals surface area contributed by atoms with E-state index in [1.54, 1.807) is 20.4 Å². The van der Waals surface area contributed by atoms with Crippen LogP contribution in [-0.2, 0) is 18.3 Å². The number of rotatable bonds is 10. The van der Waals surface area contributed by atoms with Crippen molar-refractivity contribution in [2.45, 2.75) is 37.5 Å². The van der Waals surface area contributed by atoms with E-state index in [9.17, 15) is 14.2 Å². The van der Waals surface area contributed by atoms with Crippen molar-refractivity contribution in [3.63, 3.8) is 0 Å². The van der Waals surface area contributed by atoms with Crippen molar-refractivity contribution >= 4 is 15.5 Å². The smallest absolute Gasteiger partial charge is 0.328 e. The van der Waals surface area contributed by atoms with Crippen LogP contribution in [0.5, 0.6) is 0 Å². The van der Waals surface area contributed by atoms with Crippen LogP contribution in [0.15, 0.2) is 21.9 Å². The van der Waals surface area contributed by atoms with Crippen LogP contribution in [0.2, 0.25) is 0 Å². The molecule has 9 nitrogen and oxygen atoms in total. The maximum Gasteiger partial charge on any atom is 0.328 e. The third-order valence-corrected chi connectivity index (χ3v) is 7.41. The van der Waals surface area contributed by atoms with Gasteiger partial charge in [-0.05, 0) is 32.1 Å². The zero-order valence-corrected chi connectivity index (χ0v) is 19.0. The number of H-pyrrole nitrogens is 1. The first-order valence-electron chi connectivity index (χ1n) is 9.45. The topological polar surface area (TPSA) is 123 Å². The Hall–Kier alpha value is -1.29. The lowest BCUT2D eigenvalue weighted by Gasteiger charge is -2.28. The molecule has 1 aromatic rings. The third kappa shape index (κ3) is 6.87. The minimum Gasteiger partial charge on any atom is -0.377 e. The van der Waals surface area contributed by atoms with Crippen LogP contribution in [0.3, 0.4) is 0 Å². The van der Waals surface area contributed by atoms with E-state index in [4.69, 9.17) is 19.0 Å². The molecule has 1 aromatic heterocycles. The van der Waals surface area contributed by atoms with Crippen molar-refractivity contribution in [1.82, 2.24) is 9.55 Å². The Morgan fingerprint density at radius 2 is 2.10 bits per heavy atom. The normalized spacial score (nSPS) is 25.6. The van der Waals surface area contributed by atoms with E-state index in [2.05, 4.69) is 4.98 Å². The lowest BCUT2D eigenvalue weighted by Crippen LogP contribution is -2.38. The highest BCUT2D eigenvalue weighted by Crippen LogP contribution is 2.48. The molecule has 0 bridgehead atoms. The van der Waals surface area contributed by atoms with Gasteiger partial charge in [0.15, 0.2) is 8.38 Å². The summed E-state index contributed by atoms with van der Waals surface area (Å²) in [5.41, 5.74) is -0.951. The average molecular weight is 445 g/mol. The second kappa shape index (κ2) is 10.7. The van der Waals surface area contributed by atoms with Crippen molar-refractivity contribution in [2.24, 2.45) is 5.92 Å². The number of aromatic amines is 1. The van der Waals surface area contributed by atoms with Crippen LogP contribution in [0.4, 0.5) is 0 Å². The first kappa shape index (κ1) is 24.0. The van der Waals surface area contributed by atoms with E-state index in [0.29, 0.717) is 19.0 Å². The van der Waals surface area contributed by atoms with Gasteiger partial charge in [0.05, 0.1) is 38.4 Å². The van der Waals surface area contributed by atoms with Gasteiger partial charge in [-0.3, -0.25) is 14.3 Å². The number of hydrogen-bond acceptors (Lipinski definition) is 7. The molecule has 162 valence electrons. The maximum atomic E-state index is 12.3. The highest BCUT2D eigenvalue weighted by Gasteiger charge is 2.46. The van der Waals surface area contributed by atoms with Crippen molar-refractivity contribution in [3.8, 4) is 6.07 Å². The minimum absolute atomic E-state index is 0.0153. The van der Waals surface area contributed by atoms with Gasteiger partial charge in [0.1, 0.15) is 6.10 Å². The number of aromatic nitrogens is 2. The van der Waals surface area contributed by atoms with Gasteiger partial charge in [-0.15, -0.1) is 0 Å². The van der Waals surface area contributed by atoms with Crippen LogP contribution in [0.25, 0.3) is 0 Å². The zero-order chi connectivity index (χ0) is 21.6. The summed E-state index contributed by atoms with van der Waals surface area (Å²) in [5, 5.41) is 8.67. The van der Waals surface area contributed by atoms with Crippen LogP contribution >= 0.6 is 15.5 Å². The van der Waals surface area contributed by atoms with Crippen LogP contribution in [-0.4, -0.2) is 61.6 Å². The highest BCUT2D eigenvalue weighted by atomic mass is 31.2. The van der Waals surface area contributed by atoms with E-state index in [1.165, 1.54) is 16.8 Å². The van der Waals surface area contributed by atoms with Gasteiger partial charge in [-0.25, -0.2) is 4.79 Å². The Kier molecular flexibility index (Phi) is 8.81. The second-order valence-corrected chi connectivity index (χ2v) is 12.6. The van der Waals surface area contributed by atoms with Gasteiger partial charge < -0.3 is 18.3 Å². The molecule has 0 amide bonds. The van der Waals surface area contributed by atoms with Crippen LogP contribution < -0.4 is 11.2 Å². The Morgan fingerprint density at radius 3 is 2.69 bits per heavy atom. The van der Waals surface area contributed by atoms with Crippen LogP contribution in [0.1, 0.15) is 25.3 Å². The molecule has 29 heavy (non-hydrogen) atoms. The Bertz CT molecular complexity index is 873. The SMILES string of the molecule is CO[C@H]1C(OP(C)OCCC#N)[C@@H](CCP(C)(C)=O)C[C@H]1n1ccc(=O)[nH]c1=O. The van der Waals surface area contributed by atoms with E-state index in [-0.39, 0.29) is 31.1 Å². The predicted octanol–water partition coefficient (Wildman–Crippen LogP) is 2.38. The molecule has 1 N–H and O–H groups in total. The van der Waals surface area contributed by atoms with Crippen molar-refractivity contribution < 1.29 is 18.3 Å². The molecule has 0 radical (unpaired) electrons. The number of methoxy groups -OCH3 is 1. The molecule has 0 saturated heterocycles. The third-order valence-electron chi connectivity index (χ3n) is 4.99. The first-order chi connectivity index (χ1) is 13.7. The molecule has 2 rings (SSSR count). The summed E-state index contributed by atoms with van der Waals surface area (Å²) >= 11 is 0. The molecule has 5 atom stereocenters. The van der Waals surface area contributed by atoms with Gasteiger partial charge in [0.25, 0.3) is 5.56 Å². The Morgan fingerprint density at radius 1 is 1.38 bits per heavy atom. The monoisotopic (exact) mass is 445 g/mol. The number of nitriles is 1. The summed E-state index contributed by atoms with van der Waals surface area (Å²) in [6.07, 6.45) is 2.80. The van der Waals surface area contributed by atoms with Crippen molar-refractivity contribution in [2.75, 3.05) is 39.9 Å². The molecule has 1 fully saturated rings. The summed E-state index contributed by atoms with van der Waals surface area (Å²) in [7, 11) is -1.90. The Balaban J connectivity index is 2.26. The molecule has 1 aliphatic carbocycles. The van der Waals surface area contributed by atoms with E-state index in [0.717, 1.165) is 0 Å². The standard InChI is InChI=1S/C18H29N3O6P2/c1-25-17-14(21-9-6-15(22)20-18(21)23)12-13(7-11-29(3,4)24)16(17)27-28(2)26-10-5-8-19/h6,9,13-14,16-17H,5,7,10-12H2,1-4H3,(H,20,22,23)/t13-,14+,16?,17+,28?/m0/s1. The lowest BCUT2D eigenvalue weighted by molar-refractivity contribution is -0.0114. The fourth-order valence-electron chi connectivity index (χ4n) is 3.64. The fourth-order valence-corrected chi connectivity index (χ4v) is 5.64. The Labute approximate surface area is 171 Å². The second-order valence-electron chi connectivity index (χ2n) is 7.62. The summed E-state index contributed by atoms with van der Waals surface area (Å²) in [6.45, 7) is 5.62. The lowest BCUT2D eigenvalue weighted by atomic mass is 10.0. The zero-order valence-electron chi connectivity index (χ0n) is 17.2. The van der Waals surface area contributed by atoms with E-state index in [1.807, 2.05) is 12.7 Å². The fraction of sp³-hybridized carbons (Fsp3) is 0.722. The number of ether oxygens (including phenoxy) is 1. The van der Waals surface area contributed by atoms with E-state index >= 15 is 0 Å². The largest absolute Gasteiger partial charge is 0.377 e. The molecule has 0 aromatic carbocycles. The number of nitrogens with zero attached hydrogens (tertiary/aromatic N) is 2. The summed E-state index contributed by atoms with van der Waals surface area (Å²) in [6, 6.07) is 3.01. The van der Waals surface area contributed by atoms with Crippen molar-refractivity contribution in [3.05, 3.63) is 33.1 Å². The molecule has 2 unspecified atom stereocenters. The number of hydrogen-bond donors (Lipinski definition) is 1. The molecule has 1 aliphatic rings. The molecule has 1 saturated carbocycles. The summed E-state index contributed by atoms with van der Waals surface area (Å²) in [4.78, 5) is 26.0. The summed E-state index contributed by atoms with van der Waals surface area (Å²) in [5.74, 6) is 0.0153. The van der Waals surface area contributed by atoms with Gasteiger partial charge in [-0.2, -0.15) is 5.26 Å². The molecule has 1 heterocycles. The molecular formula is C18H29N3O6P2. The van der Waals surface area contributed by atoms with Gasteiger partial charge in [-0.1, -0.05) is 0 Å². The number of nitrogens with one attached hydrogen (secondary N) is 1. The molecule has 0 aliphatic heterocycles.